The lowest BCUT2D eigenvalue weighted by atomic mass is 9.98. The van der Waals surface area contributed by atoms with E-state index in [2.05, 4.69) is 64.6 Å². The summed E-state index contributed by atoms with van der Waals surface area (Å²) in [5.41, 5.74) is 5.79. The molecule has 0 aromatic heterocycles. The van der Waals surface area contributed by atoms with E-state index in [1.807, 2.05) is 6.07 Å². The summed E-state index contributed by atoms with van der Waals surface area (Å²) in [4.78, 5) is 13.5. The van der Waals surface area contributed by atoms with E-state index >= 15 is 0 Å². The molecule has 1 unspecified atom stereocenters. The standard InChI is InChI=1S/C17H17BrN2O/c1-11-5-3-4-6-14(11)16(18)12-7-8-15-13(9-12)10-20(2)17(21)19-15/h3-9,16H,10H2,1-2H3,(H,19,21). The number of anilines is 1. The van der Waals surface area contributed by atoms with E-state index in [1.165, 1.54) is 16.7 Å². The monoisotopic (exact) mass is 344 g/mol. The van der Waals surface area contributed by atoms with E-state index in [9.17, 15) is 4.79 Å². The van der Waals surface area contributed by atoms with Gasteiger partial charge in [0.1, 0.15) is 0 Å². The van der Waals surface area contributed by atoms with Gasteiger partial charge in [0.15, 0.2) is 0 Å². The van der Waals surface area contributed by atoms with Crippen molar-refractivity contribution < 1.29 is 4.79 Å². The molecular weight excluding hydrogens is 328 g/mol. The van der Waals surface area contributed by atoms with Gasteiger partial charge in [0.05, 0.1) is 4.83 Å². The van der Waals surface area contributed by atoms with Crippen LogP contribution in [0.15, 0.2) is 42.5 Å². The predicted octanol–water partition coefficient (Wildman–Crippen LogP) is 4.46. The van der Waals surface area contributed by atoms with Crippen LogP contribution in [0.5, 0.6) is 0 Å². The molecule has 1 heterocycles. The van der Waals surface area contributed by atoms with Gasteiger partial charge in [-0.15, -0.1) is 0 Å². The minimum Gasteiger partial charge on any atom is -0.323 e. The molecule has 0 saturated carbocycles. The number of aryl methyl sites for hydroxylation is 1. The summed E-state index contributed by atoms with van der Waals surface area (Å²) < 4.78 is 0. The summed E-state index contributed by atoms with van der Waals surface area (Å²) in [6, 6.07) is 14.5. The molecule has 2 aromatic rings. The molecule has 3 nitrogen and oxygen atoms in total. The molecule has 1 atom stereocenters. The fourth-order valence-corrected chi connectivity index (χ4v) is 3.41. The Hall–Kier alpha value is -1.81. The van der Waals surface area contributed by atoms with E-state index in [0.717, 1.165) is 11.3 Å². The van der Waals surface area contributed by atoms with Crippen LogP contribution in [0.4, 0.5) is 10.5 Å². The van der Waals surface area contributed by atoms with Crippen molar-refractivity contribution in [2.75, 3.05) is 12.4 Å². The SMILES string of the molecule is Cc1ccccc1C(Br)c1ccc2c(c1)CN(C)C(=O)N2. The Morgan fingerprint density at radius 2 is 2.00 bits per heavy atom. The van der Waals surface area contributed by atoms with Gasteiger partial charge in [-0.1, -0.05) is 52.3 Å². The number of hydrogen-bond donors (Lipinski definition) is 1. The van der Waals surface area contributed by atoms with Crippen LogP contribution in [0.2, 0.25) is 0 Å². The van der Waals surface area contributed by atoms with Gasteiger partial charge in [0.25, 0.3) is 0 Å². The largest absolute Gasteiger partial charge is 0.323 e. The quantitative estimate of drug-likeness (QED) is 0.801. The van der Waals surface area contributed by atoms with Gasteiger partial charge >= 0.3 is 6.03 Å². The zero-order valence-electron chi connectivity index (χ0n) is 12.1. The minimum absolute atomic E-state index is 0.0513. The van der Waals surface area contributed by atoms with Crippen LogP contribution in [0.25, 0.3) is 0 Å². The highest BCUT2D eigenvalue weighted by Gasteiger charge is 2.21. The second-order valence-electron chi connectivity index (χ2n) is 5.42. The molecule has 0 aliphatic carbocycles. The van der Waals surface area contributed by atoms with Crippen LogP contribution in [-0.2, 0) is 6.54 Å². The first-order chi connectivity index (χ1) is 10.1. The fourth-order valence-electron chi connectivity index (χ4n) is 2.61. The van der Waals surface area contributed by atoms with Gasteiger partial charge in [-0.3, -0.25) is 0 Å². The molecule has 0 saturated heterocycles. The van der Waals surface area contributed by atoms with E-state index in [-0.39, 0.29) is 10.9 Å². The van der Waals surface area contributed by atoms with Crippen LogP contribution in [0, 0.1) is 6.92 Å². The highest BCUT2D eigenvalue weighted by Crippen LogP contribution is 2.35. The van der Waals surface area contributed by atoms with Crippen molar-refractivity contribution in [1.82, 2.24) is 4.90 Å². The van der Waals surface area contributed by atoms with Gasteiger partial charge in [0, 0.05) is 19.3 Å². The maximum Gasteiger partial charge on any atom is 0.321 e. The third-order valence-corrected chi connectivity index (χ3v) is 4.90. The highest BCUT2D eigenvalue weighted by atomic mass is 79.9. The average molecular weight is 345 g/mol. The van der Waals surface area contributed by atoms with Crippen LogP contribution in [-0.4, -0.2) is 18.0 Å². The molecule has 2 aromatic carbocycles. The molecular formula is C17H17BrN2O. The van der Waals surface area contributed by atoms with Gasteiger partial charge in [-0.2, -0.15) is 0 Å². The topological polar surface area (TPSA) is 32.3 Å². The first-order valence-electron chi connectivity index (χ1n) is 6.91. The van der Waals surface area contributed by atoms with E-state index in [1.54, 1.807) is 11.9 Å². The van der Waals surface area contributed by atoms with Crippen molar-refractivity contribution in [1.29, 1.82) is 0 Å². The molecule has 2 amide bonds. The Morgan fingerprint density at radius 1 is 1.24 bits per heavy atom. The Morgan fingerprint density at radius 3 is 2.76 bits per heavy atom. The molecule has 1 aliphatic heterocycles. The number of nitrogens with zero attached hydrogens (tertiary/aromatic N) is 1. The average Bonchev–Trinajstić information content (AvgIpc) is 2.48. The summed E-state index contributed by atoms with van der Waals surface area (Å²) in [5, 5.41) is 2.90. The molecule has 21 heavy (non-hydrogen) atoms. The Kier molecular flexibility index (Phi) is 3.72. The van der Waals surface area contributed by atoms with Gasteiger partial charge < -0.3 is 10.2 Å². The number of fused-ring (bicyclic) bond motifs is 1. The lowest BCUT2D eigenvalue weighted by molar-refractivity contribution is 0.218. The molecule has 0 radical (unpaired) electrons. The summed E-state index contributed by atoms with van der Waals surface area (Å²) in [6.07, 6.45) is 0. The molecule has 108 valence electrons. The van der Waals surface area contributed by atoms with E-state index < -0.39 is 0 Å². The van der Waals surface area contributed by atoms with Gasteiger partial charge in [-0.05, 0) is 35.2 Å². The number of benzene rings is 2. The molecule has 3 rings (SSSR count). The molecule has 0 bridgehead atoms. The summed E-state index contributed by atoms with van der Waals surface area (Å²) in [7, 11) is 1.80. The number of carbonyl (C=O) groups is 1. The maximum absolute atomic E-state index is 11.6. The van der Waals surface area contributed by atoms with E-state index in [4.69, 9.17) is 0 Å². The number of hydrogen-bond acceptors (Lipinski definition) is 1. The lowest BCUT2D eigenvalue weighted by Crippen LogP contribution is -2.35. The smallest absolute Gasteiger partial charge is 0.321 e. The molecule has 0 fully saturated rings. The first kappa shape index (κ1) is 14.1. The number of halogens is 1. The minimum atomic E-state index is -0.0513. The summed E-state index contributed by atoms with van der Waals surface area (Å²) in [6.45, 7) is 2.76. The van der Waals surface area contributed by atoms with Crippen molar-refractivity contribution in [2.24, 2.45) is 0 Å². The number of rotatable bonds is 2. The Bertz CT molecular complexity index is 699. The number of amides is 2. The number of carbonyl (C=O) groups excluding carboxylic acids is 1. The zero-order valence-corrected chi connectivity index (χ0v) is 13.6. The van der Waals surface area contributed by atoms with Crippen molar-refractivity contribution in [3.63, 3.8) is 0 Å². The Balaban J connectivity index is 1.96. The fraction of sp³-hybridized carbons (Fsp3) is 0.235. The summed E-state index contributed by atoms with van der Waals surface area (Å²) >= 11 is 3.80. The third-order valence-electron chi connectivity index (χ3n) is 3.88. The second-order valence-corrected chi connectivity index (χ2v) is 6.34. The van der Waals surface area contributed by atoms with Crippen molar-refractivity contribution in [3.8, 4) is 0 Å². The van der Waals surface area contributed by atoms with Gasteiger partial charge in [0.2, 0.25) is 0 Å². The van der Waals surface area contributed by atoms with Crippen molar-refractivity contribution in [2.45, 2.75) is 18.3 Å². The van der Waals surface area contributed by atoms with Crippen molar-refractivity contribution in [3.05, 3.63) is 64.7 Å². The first-order valence-corrected chi connectivity index (χ1v) is 7.82. The number of nitrogens with one attached hydrogen (secondary N) is 1. The third kappa shape index (κ3) is 2.68. The number of urea groups is 1. The van der Waals surface area contributed by atoms with Crippen LogP contribution in [0.3, 0.4) is 0 Å². The van der Waals surface area contributed by atoms with Crippen molar-refractivity contribution >= 4 is 27.6 Å². The highest BCUT2D eigenvalue weighted by molar-refractivity contribution is 9.09. The van der Waals surface area contributed by atoms with Crippen LogP contribution < -0.4 is 5.32 Å². The van der Waals surface area contributed by atoms with Gasteiger partial charge in [-0.25, -0.2) is 4.79 Å². The second kappa shape index (κ2) is 5.53. The lowest BCUT2D eigenvalue weighted by Gasteiger charge is -2.27. The zero-order chi connectivity index (χ0) is 15.0. The molecule has 1 N–H and O–H groups in total. The normalized spacial score (nSPS) is 15.4. The van der Waals surface area contributed by atoms with E-state index in [0.29, 0.717) is 6.54 Å². The predicted molar refractivity (Wildman–Crippen MR) is 88.9 cm³/mol. The van der Waals surface area contributed by atoms with Crippen LogP contribution in [0.1, 0.15) is 27.1 Å². The molecule has 4 heteroatoms. The summed E-state index contributed by atoms with van der Waals surface area (Å²) in [5.74, 6) is 0. The Labute approximate surface area is 133 Å². The van der Waals surface area contributed by atoms with Crippen LogP contribution >= 0.6 is 15.9 Å². The number of alkyl halides is 1. The maximum atomic E-state index is 11.6. The molecule has 0 spiro atoms. The molecule has 1 aliphatic rings.